The van der Waals surface area contributed by atoms with Crippen LogP contribution < -0.4 is 5.32 Å². The van der Waals surface area contributed by atoms with Gasteiger partial charge >= 0.3 is 0 Å². The highest BCUT2D eigenvalue weighted by Crippen LogP contribution is 2.04. The lowest BCUT2D eigenvalue weighted by Crippen LogP contribution is -2.32. The van der Waals surface area contributed by atoms with E-state index < -0.39 is 0 Å². The maximum Gasteiger partial charge on any atom is 0.244 e. The molecule has 19 heavy (non-hydrogen) atoms. The molecule has 0 saturated heterocycles. The number of hydrogen-bond acceptors (Lipinski definition) is 2. The van der Waals surface area contributed by atoms with E-state index in [2.05, 4.69) is 17.4 Å². The summed E-state index contributed by atoms with van der Waals surface area (Å²) in [7, 11) is 0. The number of amides is 1. The molecule has 0 spiro atoms. The second-order valence-corrected chi connectivity index (χ2v) is 4.45. The number of benzene rings is 1. The summed E-state index contributed by atoms with van der Waals surface area (Å²) in [5.74, 6) is 0.561. The highest BCUT2D eigenvalue weighted by molar-refractivity contribution is 5.91. The minimum atomic E-state index is -0.111. The monoisotopic (exact) mass is 255 g/mol. The first kappa shape index (κ1) is 13.1. The molecule has 1 aromatic carbocycles. The lowest BCUT2D eigenvalue weighted by molar-refractivity contribution is -0.117. The largest absolute Gasteiger partial charge is 0.465 e. The Balaban J connectivity index is 1.82. The molecule has 1 atom stereocenters. The summed E-state index contributed by atoms with van der Waals surface area (Å²) in [6.07, 6.45) is 5.54. The van der Waals surface area contributed by atoms with Crippen LogP contribution in [0, 0.1) is 0 Å². The van der Waals surface area contributed by atoms with Crippen molar-refractivity contribution in [3.8, 4) is 0 Å². The highest BCUT2D eigenvalue weighted by atomic mass is 16.3. The third kappa shape index (κ3) is 4.47. The van der Waals surface area contributed by atoms with Gasteiger partial charge in [-0.1, -0.05) is 30.3 Å². The molecule has 0 radical (unpaired) electrons. The molecule has 2 aromatic rings. The Labute approximate surface area is 112 Å². The highest BCUT2D eigenvalue weighted by Gasteiger charge is 2.05. The first-order valence-corrected chi connectivity index (χ1v) is 6.30. The van der Waals surface area contributed by atoms with E-state index in [0.29, 0.717) is 5.76 Å². The van der Waals surface area contributed by atoms with Crippen molar-refractivity contribution >= 4 is 12.0 Å². The summed E-state index contributed by atoms with van der Waals surface area (Å²) in [6.45, 7) is 1.99. The van der Waals surface area contributed by atoms with Gasteiger partial charge in [0.15, 0.2) is 0 Å². The first-order chi connectivity index (χ1) is 9.24. The van der Waals surface area contributed by atoms with Crippen molar-refractivity contribution in [3.63, 3.8) is 0 Å². The molecule has 98 valence electrons. The number of furan rings is 1. The van der Waals surface area contributed by atoms with E-state index in [-0.39, 0.29) is 11.9 Å². The van der Waals surface area contributed by atoms with Crippen LogP contribution in [-0.4, -0.2) is 11.9 Å². The van der Waals surface area contributed by atoms with Crippen LogP contribution in [0.15, 0.2) is 59.2 Å². The Bertz CT molecular complexity index is 529. The topological polar surface area (TPSA) is 42.2 Å². The van der Waals surface area contributed by atoms with Crippen LogP contribution in [0.5, 0.6) is 0 Å². The molecule has 0 bridgehead atoms. The number of hydrogen-bond donors (Lipinski definition) is 1. The van der Waals surface area contributed by atoms with Crippen molar-refractivity contribution in [1.82, 2.24) is 5.32 Å². The Morgan fingerprint density at radius 1 is 1.26 bits per heavy atom. The predicted octanol–water partition coefficient (Wildman–Crippen LogP) is 3.04. The molecule has 3 heteroatoms. The molecule has 0 aliphatic carbocycles. The fraction of sp³-hybridized carbons (Fsp3) is 0.188. The zero-order chi connectivity index (χ0) is 13.5. The summed E-state index contributed by atoms with van der Waals surface area (Å²) >= 11 is 0. The minimum absolute atomic E-state index is 0.0937. The van der Waals surface area contributed by atoms with Gasteiger partial charge in [0, 0.05) is 12.1 Å². The number of rotatable bonds is 5. The van der Waals surface area contributed by atoms with Crippen LogP contribution in [0.25, 0.3) is 6.08 Å². The molecule has 2 rings (SSSR count). The number of nitrogens with one attached hydrogen (secondary N) is 1. The zero-order valence-corrected chi connectivity index (χ0v) is 10.9. The molecule has 0 unspecified atom stereocenters. The fourth-order valence-corrected chi connectivity index (χ4v) is 1.85. The Morgan fingerprint density at radius 2 is 2.05 bits per heavy atom. The maximum atomic E-state index is 11.7. The molecular weight excluding hydrogens is 238 g/mol. The summed E-state index contributed by atoms with van der Waals surface area (Å²) in [4.78, 5) is 11.7. The van der Waals surface area contributed by atoms with Crippen molar-refractivity contribution in [1.29, 1.82) is 0 Å². The van der Waals surface area contributed by atoms with Crippen molar-refractivity contribution in [2.24, 2.45) is 0 Å². The molecule has 3 nitrogen and oxygen atoms in total. The second-order valence-electron chi connectivity index (χ2n) is 4.45. The SMILES string of the molecule is C[C@@H](Cc1ccccc1)NC(=O)/C=C/c1ccco1. The molecule has 1 aromatic heterocycles. The summed E-state index contributed by atoms with van der Waals surface area (Å²) in [5.41, 5.74) is 1.21. The van der Waals surface area contributed by atoms with Crippen LogP contribution in [0.1, 0.15) is 18.2 Å². The Kier molecular flexibility index (Phi) is 4.56. The van der Waals surface area contributed by atoms with Crippen molar-refractivity contribution in [3.05, 3.63) is 66.1 Å². The summed E-state index contributed by atoms with van der Waals surface area (Å²) < 4.78 is 5.12. The van der Waals surface area contributed by atoms with Gasteiger partial charge in [-0.15, -0.1) is 0 Å². The van der Waals surface area contributed by atoms with Crippen LogP contribution in [0.3, 0.4) is 0 Å². The van der Waals surface area contributed by atoms with Gasteiger partial charge in [-0.3, -0.25) is 4.79 Å². The van der Waals surface area contributed by atoms with Gasteiger partial charge in [-0.2, -0.15) is 0 Å². The normalized spacial score (nSPS) is 12.5. The minimum Gasteiger partial charge on any atom is -0.465 e. The average molecular weight is 255 g/mol. The summed E-state index contributed by atoms with van der Waals surface area (Å²) in [6, 6.07) is 13.8. The number of carbonyl (C=O) groups is 1. The van der Waals surface area contributed by atoms with Gasteiger partial charge in [0.1, 0.15) is 5.76 Å². The average Bonchev–Trinajstić information content (AvgIpc) is 2.90. The van der Waals surface area contributed by atoms with E-state index in [1.54, 1.807) is 24.5 Å². The quantitative estimate of drug-likeness (QED) is 0.834. The van der Waals surface area contributed by atoms with Gasteiger partial charge in [-0.05, 0) is 37.1 Å². The van der Waals surface area contributed by atoms with Crippen molar-refractivity contribution in [2.75, 3.05) is 0 Å². The predicted molar refractivity (Wildman–Crippen MR) is 75.5 cm³/mol. The van der Waals surface area contributed by atoms with Crippen LogP contribution in [0.4, 0.5) is 0 Å². The van der Waals surface area contributed by atoms with Gasteiger partial charge < -0.3 is 9.73 Å². The second kappa shape index (κ2) is 6.59. The molecule has 1 amide bonds. The van der Waals surface area contributed by atoms with Crippen LogP contribution in [-0.2, 0) is 11.2 Å². The van der Waals surface area contributed by atoms with Crippen LogP contribution >= 0.6 is 0 Å². The van der Waals surface area contributed by atoms with Crippen molar-refractivity contribution in [2.45, 2.75) is 19.4 Å². The smallest absolute Gasteiger partial charge is 0.244 e. The maximum absolute atomic E-state index is 11.7. The molecule has 1 N–H and O–H groups in total. The van der Waals surface area contributed by atoms with E-state index in [9.17, 15) is 4.79 Å². The van der Waals surface area contributed by atoms with Gasteiger partial charge in [0.25, 0.3) is 0 Å². The molecule has 0 saturated carbocycles. The third-order valence-electron chi connectivity index (χ3n) is 2.72. The van der Waals surface area contributed by atoms with E-state index in [1.807, 2.05) is 25.1 Å². The number of carbonyl (C=O) groups excluding carboxylic acids is 1. The Hall–Kier alpha value is -2.29. The fourth-order valence-electron chi connectivity index (χ4n) is 1.85. The summed E-state index contributed by atoms with van der Waals surface area (Å²) in [5, 5.41) is 2.92. The molecule has 0 aliphatic heterocycles. The van der Waals surface area contributed by atoms with E-state index in [1.165, 1.54) is 11.6 Å². The van der Waals surface area contributed by atoms with E-state index in [0.717, 1.165) is 6.42 Å². The first-order valence-electron chi connectivity index (χ1n) is 6.30. The molecule has 0 aliphatic rings. The van der Waals surface area contributed by atoms with Gasteiger partial charge in [0.2, 0.25) is 5.91 Å². The van der Waals surface area contributed by atoms with Crippen LogP contribution in [0.2, 0.25) is 0 Å². The van der Waals surface area contributed by atoms with Gasteiger partial charge in [0.05, 0.1) is 6.26 Å². The molecular formula is C16H17NO2. The zero-order valence-electron chi connectivity index (χ0n) is 10.9. The third-order valence-corrected chi connectivity index (χ3v) is 2.72. The molecule has 0 fully saturated rings. The van der Waals surface area contributed by atoms with Gasteiger partial charge in [-0.25, -0.2) is 0 Å². The lowest BCUT2D eigenvalue weighted by Gasteiger charge is -2.12. The van der Waals surface area contributed by atoms with Crippen molar-refractivity contribution < 1.29 is 9.21 Å². The van der Waals surface area contributed by atoms with E-state index in [4.69, 9.17) is 4.42 Å². The lowest BCUT2D eigenvalue weighted by atomic mass is 10.1. The standard InChI is InChI=1S/C16H17NO2/c1-13(12-14-6-3-2-4-7-14)17-16(18)10-9-15-8-5-11-19-15/h2-11,13H,12H2,1H3,(H,17,18)/b10-9+/t13-/m0/s1. The Morgan fingerprint density at radius 3 is 2.74 bits per heavy atom. The molecule has 1 heterocycles. The van der Waals surface area contributed by atoms with E-state index >= 15 is 0 Å².